The lowest BCUT2D eigenvalue weighted by Crippen LogP contribution is -2.41. The van der Waals surface area contributed by atoms with E-state index in [2.05, 4.69) is 15.9 Å². The third kappa shape index (κ3) is 4.43. The van der Waals surface area contributed by atoms with Gasteiger partial charge in [-0.3, -0.25) is 4.79 Å². The Kier molecular flexibility index (Phi) is 7.00. The number of aliphatic imine (C=N–C) groups is 1. The number of hydrogen-bond donors (Lipinski definition) is 1. The largest absolute Gasteiger partial charge is 0.493 e. The first kappa shape index (κ1) is 23.9. The molecular formula is C25H22BrClN2O5. The summed E-state index contributed by atoms with van der Waals surface area (Å²) in [4.78, 5) is 18.6. The van der Waals surface area contributed by atoms with Gasteiger partial charge in [0.25, 0.3) is 0 Å². The maximum atomic E-state index is 12.0. The number of halogens is 2. The Hall–Kier alpha value is -3.23. The molecule has 1 heterocycles. The Balaban J connectivity index is 2.01. The zero-order valence-corrected chi connectivity index (χ0v) is 21.1. The van der Waals surface area contributed by atoms with Crippen LogP contribution in [0.15, 0.2) is 64.1 Å². The molecule has 9 heteroatoms. The molecular weight excluding hydrogens is 524 g/mol. The van der Waals surface area contributed by atoms with Crippen molar-refractivity contribution in [2.45, 2.75) is 6.04 Å². The molecule has 3 aromatic rings. The van der Waals surface area contributed by atoms with Crippen molar-refractivity contribution >= 4 is 45.0 Å². The van der Waals surface area contributed by atoms with Crippen molar-refractivity contribution in [1.82, 2.24) is 4.90 Å². The van der Waals surface area contributed by atoms with E-state index in [1.54, 1.807) is 23.1 Å². The lowest BCUT2D eigenvalue weighted by atomic mass is 9.92. The van der Waals surface area contributed by atoms with E-state index in [0.29, 0.717) is 39.4 Å². The third-order valence-electron chi connectivity index (χ3n) is 5.52. The van der Waals surface area contributed by atoms with Crippen LogP contribution in [0.4, 0.5) is 5.69 Å². The second kappa shape index (κ2) is 9.95. The zero-order valence-electron chi connectivity index (χ0n) is 18.7. The number of hydrogen-bond acceptors (Lipinski definition) is 6. The number of fused-ring (bicyclic) bond motifs is 1. The summed E-state index contributed by atoms with van der Waals surface area (Å²) < 4.78 is 17.3. The lowest BCUT2D eigenvalue weighted by Gasteiger charge is -2.38. The molecule has 34 heavy (non-hydrogen) atoms. The molecule has 0 aliphatic carbocycles. The van der Waals surface area contributed by atoms with Crippen LogP contribution in [-0.4, -0.2) is 49.7 Å². The first-order chi connectivity index (χ1) is 16.4. The average Bonchev–Trinajstić information content (AvgIpc) is 2.83. The number of carboxylic acid groups (broad SMARTS) is 1. The van der Waals surface area contributed by atoms with Gasteiger partial charge in [0, 0.05) is 20.6 Å². The summed E-state index contributed by atoms with van der Waals surface area (Å²) in [6, 6.07) is 16.1. The van der Waals surface area contributed by atoms with Crippen LogP contribution in [0, 0.1) is 0 Å². The Morgan fingerprint density at radius 1 is 1.03 bits per heavy atom. The van der Waals surface area contributed by atoms with Gasteiger partial charge in [0.2, 0.25) is 5.75 Å². The molecule has 4 rings (SSSR count). The molecule has 0 saturated heterocycles. The van der Waals surface area contributed by atoms with E-state index < -0.39 is 12.0 Å². The number of carbonyl (C=O) groups is 1. The maximum absolute atomic E-state index is 12.0. The summed E-state index contributed by atoms with van der Waals surface area (Å²) >= 11 is 10.1. The summed E-state index contributed by atoms with van der Waals surface area (Å²) in [5.41, 5.74) is 2.92. The van der Waals surface area contributed by atoms with E-state index in [4.69, 9.17) is 30.8 Å². The summed E-state index contributed by atoms with van der Waals surface area (Å²) in [5, 5.41) is 10.4. The molecule has 1 atom stereocenters. The average molecular weight is 546 g/mol. The van der Waals surface area contributed by atoms with Gasteiger partial charge in [0.15, 0.2) is 11.5 Å². The summed E-state index contributed by atoms with van der Waals surface area (Å²) in [6.45, 7) is -0.308. The van der Waals surface area contributed by atoms with Gasteiger partial charge in [-0.2, -0.15) is 0 Å². The van der Waals surface area contributed by atoms with Gasteiger partial charge >= 0.3 is 5.97 Å². The Morgan fingerprint density at radius 3 is 2.29 bits per heavy atom. The predicted octanol–water partition coefficient (Wildman–Crippen LogP) is 5.70. The number of rotatable bonds is 7. The Morgan fingerprint density at radius 2 is 1.71 bits per heavy atom. The van der Waals surface area contributed by atoms with Crippen LogP contribution in [0.5, 0.6) is 17.2 Å². The van der Waals surface area contributed by atoms with Crippen LogP contribution in [0.2, 0.25) is 5.02 Å². The summed E-state index contributed by atoms with van der Waals surface area (Å²) in [5.74, 6) is 0.746. The zero-order chi connectivity index (χ0) is 24.4. The van der Waals surface area contributed by atoms with Crippen LogP contribution in [0.25, 0.3) is 0 Å². The molecule has 176 valence electrons. The van der Waals surface area contributed by atoms with E-state index in [-0.39, 0.29) is 6.54 Å². The minimum atomic E-state index is -1.00. The van der Waals surface area contributed by atoms with Gasteiger partial charge in [0.05, 0.1) is 33.1 Å². The molecule has 0 unspecified atom stereocenters. The van der Waals surface area contributed by atoms with Gasteiger partial charge in [-0.1, -0.05) is 45.7 Å². The van der Waals surface area contributed by atoms with Crippen LogP contribution in [0.3, 0.4) is 0 Å². The van der Waals surface area contributed by atoms with Gasteiger partial charge in [-0.05, 0) is 42.0 Å². The van der Waals surface area contributed by atoms with Gasteiger partial charge in [-0.25, -0.2) is 4.99 Å². The number of nitrogens with zero attached hydrogens (tertiary/aromatic N) is 2. The number of benzene rings is 3. The fourth-order valence-corrected chi connectivity index (χ4v) is 4.72. The second-order valence-corrected chi connectivity index (χ2v) is 8.82. The first-order valence-corrected chi connectivity index (χ1v) is 11.5. The molecule has 0 aromatic heterocycles. The second-order valence-electron chi connectivity index (χ2n) is 7.50. The van der Waals surface area contributed by atoms with Crippen LogP contribution in [-0.2, 0) is 4.79 Å². The molecule has 0 bridgehead atoms. The molecule has 1 aliphatic heterocycles. The van der Waals surface area contributed by atoms with Crippen molar-refractivity contribution in [3.63, 3.8) is 0 Å². The normalized spacial score (nSPS) is 14.8. The van der Waals surface area contributed by atoms with Gasteiger partial charge in [0.1, 0.15) is 12.4 Å². The molecule has 0 amide bonds. The Bertz CT molecular complexity index is 1250. The predicted molar refractivity (Wildman–Crippen MR) is 134 cm³/mol. The number of aliphatic carboxylic acids is 1. The standard InChI is InChI=1S/C25H22BrClN2O5/c1-32-20-10-14(11-21(33-2)24(20)34-3)25-28-19-9-8-15(26)12-17(19)23(29(25)13-22(30)31)16-6-4-5-7-18(16)27/h4-12,23H,13H2,1-3H3,(H,30,31)/t23-/m1/s1. The van der Waals surface area contributed by atoms with E-state index in [0.717, 1.165) is 15.6 Å². The minimum Gasteiger partial charge on any atom is -0.493 e. The summed E-state index contributed by atoms with van der Waals surface area (Å²) in [6.07, 6.45) is 0. The van der Waals surface area contributed by atoms with Crippen LogP contribution < -0.4 is 14.2 Å². The molecule has 3 aromatic carbocycles. The van der Waals surface area contributed by atoms with E-state index in [1.165, 1.54) is 21.3 Å². The van der Waals surface area contributed by atoms with Crippen molar-refractivity contribution in [2.75, 3.05) is 27.9 Å². The quantitative estimate of drug-likeness (QED) is 0.410. The fourth-order valence-electron chi connectivity index (χ4n) is 4.10. The van der Waals surface area contributed by atoms with Crippen LogP contribution >= 0.6 is 27.5 Å². The number of ether oxygens (including phenoxy) is 3. The lowest BCUT2D eigenvalue weighted by molar-refractivity contribution is -0.137. The molecule has 7 nitrogen and oxygen atoms in total. The smallest absolute Gasteiger partial charge is 0.323 e. The molecule has 0 saturated carbocycles. The monoisotopic (exact) mass is 544 g/mol. The SMILES string of the molecule is COc1cc(C2=Nc3ccc(Br)cc3[C@@H](c3ccccc3Cl)N2CC(=O)O)cc(OC)c1OC. The highest BCUT2D eigenvalue weighted by atomic mass is 79.9. The third-order valence-corrected chi connectivity index (χ3v) is 6.36. The Labute approximate surface area is 210 Å². The van der Waals surface area contributed by atoms with Crippen molar-refractivity contribution < 1.29 is 24.1 Å². The maximum Gasteiger partial charge on any atom is 0.323 e. The number of carboxylic acids is 1. The molecule has 0 fully saturated rings. The topological polar surface area (TPSA) is 80.6 Å². The van der Waals surface area contributed by atoms with Crippen molar-refractivity contribution in [3.8, 4) is 17.2 Å². The minimum absolute atomic E-state index is 0.308. The summed E-state index contributed by atoms with van der Waals surface area (Å²) in [7, 11) is 4.58. The van der Waals surface area contributed by atoms with Gasteiger partial charge < -0.3 is 24.2 Å². The highest BCUT2D eigenvalue weighted by Crippen LogP contribution is 2.45. The van der Waals surface area contributed by atoms with E-state index >= 15 is 0 Å². The number of methoxy groups -OCH3 is 3. The molecule has 0 radical (unpaired) electrons. The highest BCUT2D eigenvalue weighted by Gasteiger charge is 2.35. The van der Waals surface area contributed by atoms with Crippen molar-refractivity contribution in [3.05, 3.63) is 80.8 Å². The first-order valence-electron chi connectivity index (χ1n) is 10.3. The van der Waals surface area contributed by atoms with Crippen LogP contribution in [0.1, 0.15) is 22.7 Å². The molecule has 1 N–H and O–H groups in total. The molecule has 1 aliphatic rings. The van der Waals surface area contributed by atoms with Gasteiger partial charge in [-0.15, -0.1) is 0 Å². The van der Waals surface area contributed by atoms with E-state index in [9.17, 15) is 9.90 Å². The highest BCUT2D eigenvalue weighted by molar-refractivity contribution is 9.10. The van der Waals surface area contributed by atoms with Crippen molar-refractivity contribution in [1.29, 1.82) is 0 Å². The fraction of sp³-hybridized carbons (Fsp3) is 0.200. The number of amidine groups is 1. The van der Waals surface area contributed by atoms with Crippen molar-refractivity contribution in [2.24, 2.45) is 4.99 Å². The van der Waals surface area contributed by atoms with E-state index in [1.807, 2.05) is 36.4 Å². The molecule has 0 spiro atoms.